The van der Waals surface area contributed by atoms with Gasteiger partial charge in [-0.25, -0.2) is 4.79 Å². The highest BCUT2D eigenvalue weighted by atomic mass is 16.6. The quantitative estimate of drug-likeness (QED) is 0.220. The number of hydrogen-bond acceptors (Lipinski definition) is 8. The second-order valence-corrected chi connectivity index (χ2v) is 14.9. The standard InChI is InChI=1S/C37H59N3O8/c1-25(2)39(35(42)27-12-17-32(46-8)33(20-27)47-19-9-18-44-6)23-28-21-38(36(43)48-37(3,4)5)22-29(28)24-40(30-13-14-30)34(41)26-10-15-31(45-7)16-11-26/h12,17,20,25-26,28-31H,9-11,13-16,18-19,21-24H2,1-8H3/t26-,28-,29-,31-/m0/s1. The average molecular weight is 674 g/mol. The van der Waals surface area contributed by atoms with Crippen LogP contribution in [0.5, 0.6) is 11.5 Å². The zero-order valence-electron chi connectivity index (χ0n) is 30.5. The second kappa shape index (κ2) is 17.1. The van der Waals surface area contributed by atoms with Gasteiger partial charge in [-0.15, -0.1) is 0 Å². The fraction of sp³-hybridized carbons (Fsp3) is 0.757. The Hall–Kier alpha value is -3.05. The summed E-state index contributed by atoms with van der Waals surface area (Å²) in [6.45, 7) is 12.6. The van der Waals surface area contributed by atoms with Crippen LogP contribution in [0.2, 0.25) is 0 Å². The van der Waals surface area contributed by atoms with Crippen LogP contribution in [0.25, 0.3) is 0 Å². The molecule has 11 heteroatoms. The minimum absolute atomic E-state index is 0.00183. The third-order valence-corrected chi connectivity index (χ3v) is 9.76. The molecule has 0 aromatic heterocycles. The summed E-state index contributed by atoms with van der Waals surface area (Å²) in [5, 5.41) is 0. The van der Waals surface area contributed by atoms with E-state index < -0.39 is 5.60 Å². The number of carbonyl (C=O) groups excluding carboxylic acids is 3. The van der Waals surface area contributed by atoms with Gasteiger partial charge in [0.25, 0.3) is 5.91 Å². The van der Waals surface area contributed by atoms with Crippen LogP contribution in [0, 0.1) is 17.8 Å². The molecule has 0 bridgehead atoms. The summed E-state index contributed by atoms with van der Waals surface area (Å²) < 4.78 is 27.9. The molecule has 1 aliphatic heterocycles. The molecular weight excluding hydrogens is 614 g/mol. The van der Waals surface area contributed by atoms with Crippen LogP contribution < -0.4 is 9.47 Å². The highest BCUT2D eigenvalue weighted by molar-refractivity contribution is 5.95. The van der Waals surface area contributed by atoms with E-state index in [0.717, 1.165) is 38.5 Å². The van der Waals surface area contributed by atoms with Crippen molar-refractivity contribution in [2.24, 2.45) is 17.8 Å². The Morgan fingerprint density at radius 2 is 1.56 bits per heavy atom. The van der Waals surface area contributed by atoms with Crippen LogP contribution in [-0.2, 0) is 19.0 Å². The van der Waals surface area contributed by atoms with Gasteiger partial charge >= 0.3 is 6.09 Å². The van der Waals surface area contributed by atoms with Crippen molar-refractivity contribution in [3.63, 3.8) is 0 Å². The second-order valence-electron chi connectivity index (χ2n) is 14.9. The number of nitrogens with zero attached hydrogens (tertiary/aromatic N) is 3. The molecule has 2 aliphatic carbocycles. The minimum atomic E-state index is -0.626. The summed E-state index contributed by atoms with van der Waals surface area (Å²) in [5.74, 6) is 1.16. The molecular formula is C37H59N3O8. The molecule has 3 amide bonds. The largest absolute Gasteiger partial charge is 0.493 e. The number of benzene rings is 1. The number of rotatable bonds is 15. The lowest BCUT2D eigenvalue weighted by Crippen LogP contribution is -2.46. The normalized spacial score (nSPS) is 22.8. The van der Waals surface area contributed by atoms with Crippen LogP contribution in [-0.4, -0.2) is 117 Å². The molecule has 1 heterocycles. The first kappa shape index (κ1) is 37.8. The Balaban J connectivity index is 1.54. The van der Waals surface area contributed by atoms with Gasteiger partial charge in [-0.1, -0.05) is 0 Å². The molecule has 4 rings (SSSR count). The molecule has 2 saturated carbocycles. The number of ether oxygens (including phenoxy) is 5. The fourth-order valence-electron chi connectivity index (χ4n) is 6.92. The predicted molar refractivity (Wildman–Crippen MR) is 183 cm³/mol. The van der Waals surface area contributed by atoms with E-state index in [1.165, 1.54) is 0 Å². The number of amides is 3. The molecule has 0 spiro atoms. The average Bonchev–Trinajstić information content (AvgIpc) is 3.82. The maximum Gasteiger partial charge on any atom is 0.410 e. The van der Waals surface area contributed by atoms with Gasteiger partial charge < -0.3 is 38.4 Å². The summed E-state index contributed by atoms with van der Waals surface area (Å²) in [6, 6.07) is 5.43. The van der Waals surface area contributed by atoms with Crippen molar-refractivity contribution < 1.29 is 38.1 Å². The first-order valence-corrected chi connectivity index (χ1v) is 17.8. The SMILES string of the molecule is COCCCOc1cc(C(=O)N(C[C@@H]2CN(C(=O)OC(C)(C)C)C[C@H]2CN(C(=O)[C@H]2CC[C@H](OC)CC2)C2CC2)C(C)C)ccc1OC. The smallest absolute Gasteiger partial charge is 0.410 e. The molecule has 3 fully saturated rings. The molecule has 1 aromatic rings. The van der Waals surface area contributed by atoms with Crippen LogP contribution in [0.15, 0.2) is 18.2 Å². The fourth-order valence-corrected chi connectivity index (χ4v) is 6.92. The number of carbonyl (C=O) groups is 3. The first-order chi connectivity index (χ1) is 22.8. The maximum absolute atomic E-state index is 14.1. The van der Waals surface area contributed by atoms with Gasteiger partial charge in [-0.05, 0) is 91.3 Å². The van der Waals surface area contributed by atoms with Crippen molar-refractivity contribution in [1.29, 1.82) is 0 Å². The lowest BCUT2D eigenvalue weighted by molar-refractivity contribution is -0.138. The van der Waals surface area contributed by atoms with Crippen molar-refractivity contribution >= 4 is 17.9 Å². The first-order valence-electron chi connectivity index (χ1n) is 17.8. The molecule has 2 atom stereocenters. The van der Waals surface area contributed by atoms with E-state index in [2.05, 4.69) is 4.90 Å². The monoisotopic (exact) mass is 673 g/mol. The summed E-state index contributed by atoms with van der Waals surface area (Å²) >= 11 is 0. The molecule has 48 heavy (non-hydrogen) atoms. The summed E-state index contributed by atoms with van der Waals surface area (Å²) in [5.41, 5.74) is -0.120. The van der Waals surface area contributed by atoms with Gasteiger partial charge in [-0.3, -0.25) is 9.59 Å². The van der Waals surface area contributed by atoms with Crippen LogP contribution in [0.1, 0.15) is 89.9 Å². The topological polar surface area (TPSA) is 107 Å². The van der Waals surface area contributed by atoms with Crippen LogP contribution in [0.4, 0.5) is 4.79 Å². The van der Waals surface area contributed by atoms with E-state index in [-0.39, 0.29) is 53.8 Å². The summed E-state index contributed by atoms with van der Waals surface area (Å²) in [7, 11) is 4.98. The van der Waals surface area contributed by atoms with E-state index in [9.17, 15) is 14.4 Å². The number of likely N-dealkylation sites (tertiary alicyclic amines) is 1. The Bertz CT molecular complexity index is 1220. The molecule has 0 radical (unpaired) electrons. The lowest BCUT2D eigenvalue weighted by atomic mass is 9.85. The Kier molecular flexibility index (Phi) is 13.4. The van der Waals surface area contributed by atoms with E-state index in [1.807, 2.05) is 39.5 Å². The van der Waals surface area contributed by atoms with Gasteiger partial charge in [0.2, 0.25) is 5.91 Å². The molecule has 0 unspecified atom stereocenters. The minimum Gasteiger partial charge on any atom is -0.493 e. The molecule has 0 N–H and O–H groups in total. The highest BCUT2D eigenvalue weighted by Gasteiger charge is 2.44. The van der Waals surface area contributed by atoms with Gasteiger partial charge in [-0.2, -0.15) is 0 Å². The van der Waals surface area contributed by atoms with Crippen LogP contribution in [0.3, 0.4) is 0 Å². The Labute approximate surface area is 287 Å². The number of hydrogen-bond donors (Lipinski definition) is 0. The maximum atomic E-state index is 14.1. The summed E-state index contributed by atoms with van der Waals surface area (Å²) in [6.07, 6.45) is 6.09. The van der Waals surface area contributed by atoms with Crippen LogP contribution >= 0.6 is 0 Å². The van der Waals surface area contributed by atoms with Gasteiger partial charge in [0, 0.05) is 88.8 Å². The van der Waals surface area contributed by atoms with E-state index in [1.54, 1.807) is 44.4 Å². The van der Waals surface area contributed by atoms with Crippen molar-refractivity contribution in [1.82, 2.24) is 14.7 Å². The Morgan fingerprint density at radius 3 is 2.12 bits per heavy atom. The predicted octanol–water partition coefficient (Wildman–Crippen LogP) is 5.64. The third kappa shape index (κ3) is 10.2. The number of methoxy groups -OCH3 is 3. The van der Waals surface area contributed by atoms with Crippen molar-refractivity contribution in [3.05, 3.63) is 23.8 Å². The van der Waals surface area contributed by atoms with Gasteiger partial charge in [0.1, 0.15) is 5.60 Å². The molecule has 11 nitrogen and oxygen atoms in total. The lowest BCUT2D eigenvalue weighted by Gasteiger charge is -2.35. The van der Waals surface area contributed by atoms with E-state index >= 15 is 0 Å². The van der Waals surface area contributed by atoms with Crippen molar-refractivity contribution in [2.75, 3.05) is 60.7 Å². The van der Waals surface area contributed by atoms with Crippen molar-refractivity contribution in [2.45, 2.75) is 103 Å². The summed E-state index contributed by atoms with van der Waals surface area (Å²) in [4.78, 5) is 47.2. The molecule has 1 saturated heterocycles. The van der Waals surface area contributed by atoms with Gasteiger partial charge in [0.05, 0.1) is 19.8 Å². The molecule has 3 aliphatic rings. The van der Waals surface area contributed by atoms with Crippen molar-refractivity contribution in [3.8, 4) is 11.5 Å². The zero-order valence-corrected chi connectivity index (χ0v) is 30.5. The van der Waals surface area contributed by atoms with Gasteiger partial charge in [0.15, 0.2) is 11.5 Å². The Morgan fingerprint density at radius 1 is 0.896 bits per heavy atom. The van der Waals surface area contributed by atoms with E-state index in [0.29, 0.717) is 62.9 Å². The highest BCUT2D eigenvalue weighted by Crippen LogP contribution is 2.37. The molecule has 270 valence electrons. The van der Waals surface area contributed by atoms with E-state index in [4.69, 9.17) is 23.7 Å². The molecule has 1 aromatic carbocycles. The zero-order chi connectivity index (χ0) is 35.0. The third-order valence-electron chi connectivity index (χ3n) is 9.76.